The summed E-state index contributed by atoms with van der Waals surface area (Å²) in [6.07, 6.45) is 1.37. The lowest BCUT2D eigenvalue weighted by Gasteiger charge is -2.16. The number of phenolic OH excluding ortho intramolecular Hbond substituents is 1. The van der Waals surface area contributed by atoms with Crippen molar-refractivity contribution in [2.45, 2.75) is 19.1 Å². The second kappa shape index (κ2) is 5.04. The Hall–Kier alpha value is -0.770. The van der Waals surface area contributed by atoms with E-state index in [4.69, 9.17) is 16.3 Å². The monoisotopic (exact) mass is 241 g/mol. The van der Waals surface area contributed by atoms with Gasteiger partial charge in [0.25, 0.3) is 0 Å². The van der Waals surface area contributed by atoms with Crippen LogP contribution in [0.2, 0.25) is 5.02 Å². The van der Waals surface area contributed by atoms with Crippen LogP contribution in [-0.2, 0) is 11.3 Å². The van der Waals surface area contributed by atoms with E-state index in [1.807, 2.05) is 6.07 Å². The molecule has 0 amide bonds. The molecule has 0 radical (unpaired) electrons. The number of rotatable bonds is 3. The maximum Gasteiger partial charge on any atom is 0.120 e. The Balaban J connectivity index is 2.01. The fourth-order valence-electron chi connectivity index (χ4n) is 2.05. The average Bonchev–Trinajstić information content (AvgIpc) is 2.71. The van der Waals surface area contributed by atoms with Crippen LogP contribution in [0.15, 0.2) is 18.2 Å². The van der Waals surface area contributed by atoms with Crippen LogP contribution in [0.3, 0.4) is 0 Å². The average molecular weight is 242 g/mol. The van der Waals surface area contributed by atoms with Crippen molar-refractivity contribution in [1.29, 1.82) is 0 Å². The van der Waals surface area contributed by atoms with Gasteiger partial charge in [0.05, 0.1) is 6.10 Å². The van der Waals surface area contributed by atoms with Gasteiger partial charge in [-0.15, -0.1) is 0 Å². The number of nitrogens with zero attached hydrogens (tertiary/aromatic N) is 1. The van der Waals surface area contributed by atoms with E-state index in [0.717, 1.165) is 31.6 Å². The quantitative estimate of drug-likeness (QED) is 0.881. The number of benzene rings is 1. The van der Waals surface area contributed by atoms with Crippen LogP contribution in [0.5, 0.6) is 5.75 Å². The van der Waals surface area contributed by atoms with Crippen molar-refractivity contribution in [2.24, 2.45) is 0 Å². The van der Waals surface area contributed by atoms with E-state index in [2.05, 4.69) is 4.90 Å². The molecule has 3 nitrogen and oxygen atoms in total. The first-order valence-corrected chi connectivity index (χ1v) is 5.79. The minimum Gasteiger partial charge on any atom is -0.508 e. The lowest BCUT2D eigenvalue weighted by atomic mass is 10.2. The van der Waals surface area contributed by atoms with Crippen LogP contribution in [0, 0.1) is 0 Å². The van der Waals surface area contributed by atoms with Gasteiger partial charge in [-0.25, -0.2) is 0 Å². The third-order valence-corrected chi connectivity index (χ3v) is 3.23. The molecule has 0 bridgehead atoms. The van der Waals surface area contributed by atoms with Gasteiger partial charge in [-0.2, -0.15) is 0 Å². The molecule has 16 heavy (non-hydrogen) atoms. The second-order valence-electron chi connectivity index (χ2n) is 4.15. The molecule has 88 valence electrons. The zero-order valence-corrected chi connectivity index (χ0v) is 10.1. The molecule has 1 aliphatic rings. The summed E-state index contributed by atoms with van der Waals surface area (Å²) in [6, 6.07) is 5.15. The van der Waals surface area contributed by atoms with Crippen molar-refractivity contribution < 1.29 is 9.84 Å². The Morgan fingerprint density at radius 3 is 3.06 bits per heavy atom. The lowest BCUT2D eigenvalue weighted by molar-refractivity contribution is 0.107. The van der Waals surface area contributed by atoms with Crippen molar-refractivity contribution in [3.05, 3.63) is 28.8 Å². The molecule has 1 saturated heterocycles. The minimum absolute atomic E-state index is 0.310. The number of ether oxygens (including phenoxy) is 1. The summed E-state index contributed by atoms with van der Waals surface area (Å²) in [6.45, 7) is 2.65. The van der Waals surface area contributed by atoms with Crippen LogP contribution in [-0.4, -0.2) is 36.3 Å². The van der Waals surface area contributed by atoms with Crippen molar-refractivity contribution in [3.8, 4) is 5.75 Å². The summed E-state index contributed by atoms with van der Waals surface area (Å²) in [4.78, 5) is 2.26. The Labute approximate surface area is 101 Å². The Kier molecular flexibility index (Phi) is 3.69. The molecule has 0 saturated carbocycles. The molecule has 1 N–H and O–H groups in total. The fraction of sp³-hybridized carbons (Fsp3) is 0.500. The molecule has 0 aliphatic carbocycles. The standard InChI is InChI=1S/C12H16ClNO2/c1-16-11-4-5-14(8-11)7-9-6-10(13)2-3-12(9)15/h2-3,6,11,15H,4-5,7-8H2,1H3. The highest BCUT2D eigenvalue weighted by Crippen LogP contribution is 2.24. The molecule has 2 rings (SSSR count). The van der Waals surface area contributed by atoms with Crippen LogP contribution < -0.4 is 0 Å². The first kappa shape index (κ1) is 11.7. The molecule has 1 aliphatic heterocycles. The molecule has 4 heteroatoms. The van der Waals surface area contributed by atoms with Gasteiger partial charge in [-0.05, 0) is 24.6 Å². The molecule has 1 aromatic rings. The zero-order valence-electron chi connectivity index (χ0n) is 9.32. The maximum atomic E-state index is 9.70. The number of halogens is 1. The van der Waals surface area contributed by atoms with Crippen molar-refractivity contribution >= 4 is 11.6 Å². The van der Waals surface area contributed by atoms with Crippen molar-refractivity contribution in [1.82, 2.24) is 4.90 Å². The summed E-state index contributed by atoms with van der Waals surface area (Å²) in [5.74, 6) is 0.310. The molecule has 1 heterocycles. The number of phenols is 1. The largest absolute Gasteiger partial charge is 0.508 e. The third kappa shape index (κ3) is 2.67. The molecule has 0 aromatic heterocycles. The predicted octanol–water partition coefficient (Wildman–Crippen LogP) is 2.27. The second-order valence-corrected chi connectivity index (χ2v) is 4.59. The van der Waals surface area contributed by atoms with Crippen LogP contribution >= 0.6 is 11.6 Å². The van der Waals surface area contributed by atoms with Gasteiger partial charge < -0.3 is 9.84 Å². The van der Waals surface area contributed by atoms with Gasteiger partial charge in [0, 0.05) is 37.3 Å². The fourth-order valence-corrected chi connectivity index (χ4v) is 2.25. The van der Waals surface area contributed by atoms with Crippen LogP contribution in [0.1, 0.15) is 12.0 Å². The Bertz CT molecular complexity index is 370. The van der Waals surface area contributed by atoms with Gasteiger partial charge in [0.1, 0.15) is 5.75 Å². The van der Waals surface area contributed by atoms with Crippen LogP contribution in [0.25, 0.3) is 0 Å². The van der Waals surface area contributed by atoms with Crippen molar-refractivity contribution in [3.63, 3.8) is 0 Å². The normalized spacial score (nSPS) is 21.5. The Morgan fingerprint density at radius 2 is 2.38 bits per heavy atom. The predicted molar refractivity (Wildman–Crippen MR) is 63.8 cm³/mol. The van der Waals surface area contributed by atoms with Gasteiger partial charge in [-0.3, -0.25) is 4.90 Å². The topological polar surface area (TPSA) is 32.7 Å². The van der Waals surface area contributed by atoms with E-state index < -0.39 is 0 Å². The van der Waals surface area contributed by atoms with E-state index >= 15 is 0 Å². The number of likely N-dealkylation sites (tertiary alicyclic amines) is 1. The smallest absolute Gasteiger partial charge is 0.120 e. The molecule has 1 atom stereocenters. The lowest BCUT2D eigenvalue weighted by Crippen LogP contribution is -2.22. The summed E-state index contributed by atoms with van der Waals surface area (Å²) in [5.41, 5.74) is 0.879. The van der Waals surface area contributed by atoms with Gasteiger partial charge in [0.2, 0.25) is 0 Å². The molecular weight excluding hydrogens is 226 g/mol. The highest BCUT2D eigenvalue weighted by Gasteiger charge is 2.22. The number of aromatic hydroxyl groups is 1. The molecule has 1 aromatic carbocycles. The summed E-state index contributed by atoms with van der Waals surface area (Å²) >= 11 is 5.90. The first-order valence-electron chi connectivity index (χ1n) is 5.41. The van der Waals surface area contributed by atoms with E-state index in [-0.39, 0.29) is 0 Å². The van der Waals surface area contributed by atoms with E-state index in [9.17, 15) is 5.11 Å². The Morgan fingerprint density at radius 1 is 1.56 bits per heavy atom. The van der Waals surface area contributed by atoms with Gasteiger partial charge in [-0.1, -0.05) is 11.6 Å². The zero-order chi connectivity index (χ0) is 11.5. The van der Waals surface area contributed by atoms with Crippen molar-refractivity contribution in [2.75, 3.05) is 20.2 Å². The van der Waals surface area contributed by atoms with Crippen LogP contribution in [0.4, 0.5) is 0 Å². The van der Waals surface area contributed by atoms with Gasteiger partial charge in [0.15, 0.2) is 0 Å². The number of hydrogen-bond donors (Lipinski definition) is 1. The minimum atomic E-state index is 0.310. The third-order valence-electron chi connectivity index (χ3n) is 3.00. The number of methoxy groups -OCH3 is 1. The van der Waals surface area contributed by atoms with Gasteiger partial charge >= 0.3 is 0 Å². The molecule has 0 spiro atoms. The van der Waals surface area contributed by atoms with E-state index in [0.29, 0.717) is 16.9 Å². The van der Waals surface area contributed by atoms with E-state index in [1.165, 1.54) is 0 Å². The SMILES string of the molecule is COC1CCN(Cc2cc(Cl)ccc2O)C1. The molecule has 1 unspecified atom stereocenters. The molecule has 1 fully saturated rings. The highest BCUT2D eigenvalue weighted by atomic mass is 35.5. The summed E-state index contributed by atoms with van der Waals surface area (Å²) < 4.78 is 5.30. The molecular formula is C12H16ClNO2. The summed E-state index contributed by atoms with van der Waals surface area (Å²) in [5, 5.41) is 10.4. The summed E-state index contributed by atoms with van der Waals surface area (Å²) in [7, 11) is 1.74. The first-order chi connectivity index (χ1) is 7.69. The highest BCUT2D eigenvalue weighted by molar-refractivity contribution is 6.30. The van der Waals surface area contributed by atoms with E-state index in [1.54, 1.807) is 19.2 Å². The number of hydrogen-bond acceptors (Lipinski definition) is 3. The maximum absolute atomic E-state index is 9.70.